The summed E-state index contributed by atoms with van der Waals surface area (Å²) in [6.45, 7) is 3.95. The first-order valence-electron chi connectivity index (χ1n) is 8.94. The van der Waals surface area contributed by atoms with Gasteiger partial charge in [-0.3, -0.25) is 10.1 Å². The van der Waals surface area contributed by atoms with Crippen molar-refractivity contribution in [3.8, 4) is 0 Å². The molecule has 1 aromatic carbocycles. The summed E-state index contributed by atoms with van der Waals surface area (Å²) < 4.78 is 5.79. The predicted octanol–water partition coefficient (Wildman–Crippen LogP) is 3.63. The van der Waals surface area contributed by atoms with Gasteiger partial charge < -0.3 is 9.84 Å². The number of hydrogen-bond donors (Lipinski definition) is 2. The third kappa shape index (κ3) is 3.09. The zero-order valence-corrected chi connectivity index (χ0v) is 15.0. The van der Waals surface area contributed by atoms with Gasteiger partial charge in [-0.2, -0.15) is 0 Å². The summed E-state index contributed by atoms with van der Waals surface area (Å²) in [6, 6.07) is 8.77. The van der Waals surface area contributed by atoms with Crippen molar-refractivity contribution in [2.45, 2.75) is 75.5 Å². The summed E-state index contributed by atoms with van der Waals surface area (Å²) in [5.74, 6) is -0.830. The van der Waals surface area contributed by atoms with E-state index >= 15 is 0 Å². The van der Waals surface area contributed by atoms with E-state index in [9.17, 15) is 9.90 Å². The van der Waals surface area contributed by atoms with Crippen molar-refractivity contribution < 1.29 is 14.6 Å². The van der Waals surface area contributed by atoms with Crippen molar-refractivity contribution in [1.82, 2.24) is 5.32 Å². The Labute approximate surface area is 144 Å². The van der Waals surface area contributed by atoms with E-state index in [0.717, 1.165) is 5.56 Å². The monoisotopic (exact) mass is 331 g/mol. The summed E-state index contributed by atoms with van der Waals surface area (Å²) in [7, 11) is 1.86. The molecule has 4 heteroatoms. The van der Waals surface area contributed by atoms with Gasteiger partial charge in [0.05, 0.1) is 5.60 Å². The van der Waals surface area contributed by atoms with E-state index in [0.29, 0.717) is 12.0 Å². The Morgan fingerprint density at radius 3 is 2.12 bits per heavy atom. The molecule has 0 radical (unpaired) electrons. The maximum absolute atomic E-state index is 11.2. The van der Waals surface area contributed by atoms with Crippen LogP contribution < -0.4 is 5.32 Å². The highest BCUT2D eigenvalue weighted by Gasteiger charge is 2.49. The summed E-state index contributed by atoms with van der Waals surface area (Å²) >= 11 is 0. The Morgan fingerprint density at radius 1 is 1.12 bits per heavy atom. The number of ether oxygens (including phenoxy) is 1. The molecule has 3 fully saturated rings. The largest absolute Gasteiger partial charge is 0.480 e. The van der Waals surface area contributed by atoms with Gasteiger partial charge in [0.15, 0.2) is 0 Å². The van der Waals surface area contributed by atoms with Crippen LogP contribution in [0.15, 0.2) is 24.3 Å². The van der Waals surface area contributed by atoms with Gasteiger partial charge in [0.1, 0.15) is 5.54 Å². The van der Waals surface area contributed by atoms with Crippen LogP contribution in [0.3, 0.4) is 0 Å². The number of carboxylic acid groups (broad SMARTS) is 1. The smallest absolute Gasteiger partial charge is 0.323 e. The Balaban J connectivity index is 1.66. The van der Waals surface area contributed by atoms with Gasteiger partial charge in [0, 0.05) is 13.7 Å². The maximum Gasteiger partial charge on any atom is 0.323 e. The van der Waals surface area contributed by atoms with Crippen LogP contribution in [-0.4, -0.2) is 29.3 Å². The van der Waals surface area contributed by atoms with E-state index in [2.05, 4.69) is 29.6 Å². The molecule has 24 heavy (non-hydrogen) atoms. The molecule has 3 saturated carbocycles. The molecule has 1 aromatic rings. The molecule has 0 spiro atoms. The van der Waals surface area contributed by atoms with Crippen LogP contribution in [0.5, 0.6) is 0 Å². The quantitative estimate of drug-likeness (QED) is 0.836. The standard InChI is InChI=1S/C20H29NO3/c1-18(2,17(22)23)21-14-15-4-6-16(7-5-15)19-8-11-20(24-3,12-9-19)13-10-19/h4-7,21H,8-14H2,1-3H3,(H,22,23). The Bertz CT molecular complexity index is 581. The SMILES string of the molecule is COC12CCC(c3ccc(CNC(C)(C)C(=O)O)cc3)(CC1)CC2. The highest BCUT2D eigenvalue weighted by atomic mass is 16.5. The number of rotatable bonds is 6. The van der Waals surface area contributed by atoms with Crippen LogP contribution in [0, 0.1) is 0 Å². The van der Waals surface area contributed by atoms with Crippen LogP contribution in [0.4, 0.5) is 0 Å². The number of aliphatic carboxylic acids is 1. The van der Waals surface area contributed by atoms with E-state index in [1.54, 1.807) is 13.8 Å². The van der Waals surface area contributed by atoms with Gasteiger partial charge in [0.25, 0.3) is 0 Å². The first kappa shape index (κ1) is 17.4. The molecule has 3 aliphatic rings. The zero-order valence-electron chi connectivity index (χ0n) is 15.0. The minimum Gasteiger partial charge on any atom is -0.480 e. The summed E-state index contributed by atoms with van der Waals surface area (Å²) in [4.78, 5) is 11.2. The second-order valence-electron chi connectivity index (χ2n) is 8.15. The lowest BCUT2D eigenvalue weighted by atomic mass is 9.56. The van der Waals surface area contributed by atoms with Gasteiger partial charge in [-0.1, -0.05) is 24.3 Å². The number of carboxylic acids is 1. The maximum atomic E-state index is 11.2. The van der Waals surface area contributed by atoms with Crippen molar-refractivity contribution in [2.24, 2.45) is 0 Å². The predicted molar refractivity (Wildman–Crippen MR) is 94.1 cm³/mol. The van der Waals surface area contributed by atoms with Crippen molar-refractivity contribution >= 4 is 5.97 Å². The van der Waals surface area contributed by atoms with Crippen LogP contribution in [-0.2, 0) is 21.5 Å². The molecule has 2 bridgehead atoms. The lowest BCUT2D eigenvalue weighted by Crippen LogP contribution is -2.49. The number of carbonyl (C=O) groups is 1. The van der Waals surface area contributed by atoms with Crippen molar-refractivity contribution in [3.63, 3.8) is 0 Å². The van der Waals surface area contributed by atoms with Gasteiger partial charge in [-0.25, -0.2) is 0 Å². The second kappa shape index (κ2) is 6.16. The average Bonchev–Trinajstić information content (AvgIpc) is 2.62. The molecule has 132 valence electrons. The van der Waals surface area contributed by atoms with E-state index in [1.165, 1.54) is 44.1 Å². The molecule has 0 unspecified atom stereocenters. The fourth-order valence-corrected chi connectivity index (χ4v) is 4.27. The number of fused-ring (bicyclic) bond motifs is 3. The van der Waals surface area contributed by atoms with Crippen molar-refractivity contribution in [2.75, 3.05) is 7.11 Å². The van der Waals surface area contributed by atoms with E-state index in [-0.39, 0.29) is 5.60 Å². The number of hydrogen-bond acceptors (Lipinski definition) is 3. The lowest BCUT2D eigenvalue weighted by Gasteiger charge is -2.53. The molecule has 0 saturated heterocycles. The summed E-state index contributed by atoms with van der Waals surface area (Å²) in [5, 5.41) is 12.3. The Kier molecular flexibility index (Phi) is 4.47. The van der Waals surface area contributed by atoms with E-state index < -0.39 is 11.5 Å². The first-order chi connectivity index (χ1) is 11.3. The third-order valence-electron chi connectivity index (χ3n) is 6.45. The lowest BCUT2D eigenvalue weighted by molar-refractivity contribution is -0.143. The zero-order chi connectivity index (χ0) is 17.4. The van der Waals surface area contributed by atoms with Gasteiger partial charge >= 0.3 is 5.97 Å². The molecule has 2 N–H and O–H groups in total. The molecular weight excluding hydrogens is 302 g/mol. The minimum atomic E-state index is -0.909. The van der Waals surface area contributed by atoms with Crippen LogP contribution in [0.1, 0.15) is 63.5 Å². The Morgan fingerprint density at radius 2 is 1.67 bits per heavy atom. The third-order valence-corrected chi connectivity index (χ3v) is 6.45. The van der Waals surface area contributed by atoms with E-state index in [4.69, 9.17) is 4.74 Å². The summed E-state index contributed by atoms with van der Waals surface area (Å²) in [6.07, 6.45) is 7.14. The number of nitrogens with one attached hydrogen (secondary N) is 1. The van der Waals surface area contributed by atoms with Crippen molar-refractivity contribution in [3.05, 3.63) is 35.4 Å². The molecular formula is C20H29NO3. The highest BCUT2D eigenvalue weighted by molar-refractivity contribution is 5.77. The molecule has 0 aromatic heterocycles. The average molecular weight is 331 g/mol. The van der Waals surface area contributed by atoms with Crippen molar-refractivity contribution in [1.29, 1.82) is 0 Å². The number of methoxy groups -OCH3 is 1. The molecule has 4 nitrogen and oxygen atoms in total. The van der Waals surface area contributed by atoms with Gasteiger partial charge in [-0.05, 0) is 68.9 Å². The number of benzene rings is 1. The normalized spacial score (nSPS) is 29.6. The molecule has 3 aliphatic carbocycles. The molecule has 0 heterocycles. The van der Waals surface area contributed by atoms with Crippen LogP contribution in [0.25, 0.3) is 0 Å². The minimum absolute atomic E-state index is 0.147. The molecule has 0 atom stereocenters. The van der Waals surface area contributed by atoms with Gasteiger partial charge in [0.2, 0.25) is 0 Å². The topological polar surface area (TPSA) is 58.6 Å². The fourth-order valence-electron chi connectivity index (χ4n) is 4.27. The highest BCUT2D eigenvalue weighted by Crippen LogP contribution is 2.54. The van der Waals surface area contributed by atoms with Crippen LogP contribution in [0.2, 0.25) is 0 Å². The second-order valence-corrected chi connectivity index (χ2v) is 8.15. The Hall–Kier alpha value is -1.39. The molecule has 4 rings (SSSR count). The van der Waals surface area contributed by atoms with E-state index in [1.807, 2.05) is 7.11 Å². The first-order valence-corrected chi connectivity index (χ1v) is 8.94. The van der Waals surface area contributed by atoms with Gasteiger partial charge in [-0.15, -0.1) is 0 Å². The van der Waals surface area contributed by atoms with Crippen LogP contribution >= 0.6 is 0 Å². The fraction of sp³-hybridized carbons (Fsp3) is 0.650. The molecule has 0 amide bonds. The summed E-state index contributed by atoms with van der Waals surface area (Å²) in [5.41, 5.74) is 2.13. The molecule has 0 aliphatic heterocycles.